The van der Waals surface area contributed by atoms with E-state index in [9.17, 15) is 43.2 Å². The SMILES string of the molecule is COc1cccc(OS(=O)(=O)C(F)(F)F)c1-c1c(OC)cccc1OS(=O)(=O)C(F)(F)F. The maximum atomic E-state index is 12.8. The van der Waals surface area contributed by atoms with Crippen molar-refractivity contribution in [2.24, 2.45) is 0 Å². The van der Waals surface area contributed by atoms with Gasteiger partial charge in [0.25, 0.3) is 0 Å². The van der Waals surface area contributed by atoms with Gasteiger partial charge < -0.3 is 17.8 Å². The Morgan fingerprint density at radius 1 is 0.594 bits per heavy atom. The molecule has 0 spiro atoms. The van der Waals surface area contributed by atoms with Crippen LogP contribution < -0.4 is 17.8 Å². The molecule has 0 bridgehead atoms. The van der Waals surface area contributed by atoms with E-state index in [0.717, 1.165) is 50.6 Å². The van der Waals surface area contributed by atoms with Gasteiger partial charge in [-0.2, -0.15) is 43.2 Å². The number of rotatable bonds is 7. The molecule has 8 nitrogen and oxygen atoms in total. The molecule has 16 heteroatoms. The first kappa shape index (κ1) is 25.4. The first-order valence-electron chi connectivity index (χ1n) is 7.91. The summed E-state index contributed by atoms with van der Waals surface area (Å²) in [6, 6.07) is 5.69. The highest BCUT2D eigenvalue weighted by molar-refractivity contribution is 7.88. The monoisotopic (exact) mass is 510 g/mol. The van der Waals surface area contributed by atoms with E-state index < -0.39 is 65.4 Å². The van der Waals surface area contributed by atoms with E-state index >= 15 is 0 Å². The van der Waals surface area contributed by atoms with Crippen molar-refractivity contribution >= 4 is 20.2 Å². The Kier molecular flexibility index (Phi) is 6.80. The number of hydrogen-bond donors (Lipinski definition) is 0. The molecule has 2 rings (SSSR count). The summed E-state index contributed by atoms with van der Waals surface area (Å²) in [5, 5.41) is 0. The van der Waals surface area contributed by atoms with Gasteiger partial charge in [0, 0.05) is 0 Å². The lowest BCUT2D eigenvalue weighted by molar-refractivity contribution is -0.0505. The average molecular weight is 510 g/mol. The second-order valence-corrected chi connectivity index (χ2v) is 8.71. The second kappa shape index (κ2) is 8.57. The minimum absolute atomic E-state index is 0.404. The molecule has 0 heterocycles. The van der Waals surface area contributed by atoms with Gasteiger partial charge in [0.05, 0.1) is 25.3 Å². The molecule has 0 radical (unpaired) electrons. The van der Waals surface area contributed by atoms with E-state index in [0.29, 0.717) is 0 Å². The van der Waals surface area contributed by atoms with Gasteiger partial charge in [0.1, 0.15) is 11.5 Å². The minimum atomic E-state index is -6.23. The maximum Gasteiger partial charge on any atom is 0.534 e. The Hall–Kier alpha value is -2.88. The fourth-order valence-corrected chi connectivity index (χ4v) is 3.26. The van der Waals surface area contributed by atoms with Crippen molar-refractivity contribution in [1.82, 2.24) is 0 Å². The standard InChI is InChI=1S/C16H12F6O8S2/c1-27-9-5-3-7-11(29-31(23,24)15(17,18)19)13(9)14-10(28-2)6-4-8-12(14)30-32(25,26)16(20,21)22/h3-8H,1-2H3. The fourth-order valence-electron chi connectivity index (χ4n) is 2.32. The highest BCUT2D eigenvalue weighted by Crippen LogP contribution is 2.49. The summed E-state index contributed by atoms with van der Waals surface area (Å²) in [6.45, 7) is 0. The summed E-state index contributed by atoms with van der Waals surface area (Å²) in [5.74, 6) is -2.92. The Balaban J connectivity index is 2.86. The number of alkyl halides is 6. The zero-order valence-electron chi connectivity index (χ0n) is 15.8. The molecule has 2 aromatic carbocycles. The highest BCUT2D eigenvalue weighted by Gasteiger charge is 2.50. The third kappa shape index (κ3) is 4.95. The molecule has 0 fully saturated rings. The van der Waals surface area contributed by atoms with Gasteiger partial charge in [-0.05, 0) is 24.3 Å². The van der Waals surface area contributed by atoms with Crippen molar-refractivity contribution < 1.29 is 61.0 Å². The smallest absolute Gasteiger partial charge is 0.496 e. The molecule has 2 aromatic rings. The summed E-state index contributed by atoms with van der Waals surface area (Å²) in [7, 11) is -10.5. The van der Waals surface area contributed by atoms with Gasteiger partial charge in [-0.15, -0.1) is 0 Å². The molecular weight excluding hydrogens is 498 g/mol. The predicted octanol–water partition coefficient (Wildman–Crippen LogP) is 3.83. The van der Waals surface area contributed by atoms with Crippen LogP contribution >= 0.6 is 0 Å². The molecule has 0 saturated heterocycles. The van der Waals surface area contributed by atoms with Crippen molar-refractivity contribution in [2.75, 3.05) is 14.2 Å². The van der Waals surface area contributed by atoms with E-state index in [2.05, 4.69) is 8.37 Å². The third-order valence-electron chi connectivity index (χ3n) is 3.63. The van der Waals surface area contributed by atoms with Crippen molar-refractivity contribution in [3.05, 3.63) is 36.4 Å². The van der Waals surface area contributed by atoms with E-state index in [1.54, 1.807) is 0 Å². The summed E-state index contributed by atoms with van der Waals surface area (Å²) in [5.41, 5.74) is -13.1. The Morgan fingerprint density at radius 3 is 1.12 bits per heavy atom. The summed E-state index contributed by atoms with van der Waals surface area (Å²) in [6.07, 6.45) is 0. The topological polar surface area (TPSA) is 105 Å². The quantitative estimate of drug-likeness (QED) is 0.315. The van der Waals surface area contributed by atoms with Crippen molar-refractivity contribution in [3.8, 4) is 34.1 Å². The molecule has 0 N–H and O–H groups in total. The zero-order valence-corrected chi connectivity index (χ0v) is 17.4. The van der Waals surface area contributed by atoms with Crippen LogP contribution in [0.3, 0.4) is 0 Å². The molecule has 0 aliphatic rings. The predicted molar refractivity (Wildman–Crippen MR) is 96.2 cm³/mol. The van der Waals surface area contributed by atoms with Gasteiger partial charge in [0.15, 0.2) is 11.5 Å². The van der Waals surface area contributed by atoms with Crippen LogP contribution in [-0.4, -0.2) is 42.1 Å². The van der Waals surface area contributed by atoms with Gasteiger partial charge in [-0.3, -0.25) is 0 Å². The van der Waals surface area contributed by atoms with Crippen LogP contribution in [0.1, 0.15) is 0 Å². The van der Waals surface area contributed by atoms with Crippen molar-refractivity contribution in [3.63, 3.8) is 0 Å². The minimum Gasteiger partial charge on any atom is -0.496 e. The average Bonchev–Trinajstić information content (AvgIpc) is 2.65. The molecule has 0 saturated carbocycles. The lowest BCUT2D eigenvalue weighted by Crippen LogP contribution is -2.28. The van der Waals surface area contributed by atoms with Crippen LogP contribution in [0.5, 0.6) is 23.0 Å². The Bertz CT molecular complexity index is 1110. The largest absolute Gasteiger partial charge is 0.534 e. The molecule has 0 atom stereocenters. The molecule has 0 aliphatic heterocycles. The van der Waals surface area contributed by atoms with E-state index in [4.69, 9.17) is 9.47 Å². The number of ether oxygens (including phenoxy) is 2. The summed E-state index contributed by atoms with van der Waals surface area (Å²) in [4.78, 5) is 0. The van der Waals surface area contributed by atoms with Crippen LogP contribution in [0.25, 0.3) is 11.1 Å². The molecular formula is C16H12F6O8S2. The summed E-state index contributed by atoms with van der Waals surface area (Å²) >= 11 is 0. The van der Waals surface area contributed by atoms with Crippen LogP contribution in [0.15, 0.2) is 36.4 Å². The lowest BCUT2D eigenvalue weighted by Gasteiger charge is -2.20. The van der Waals surface area contributed by atoms with E-state index in [1.807, 2.05) is 0 Å². The molecule has 0 unspecified atom stereocenters. The first-order valence-corrected chi connectivity index (χ1v) is 10.7. The Morgan fingerprint density at radius 2 is 0.875 bits per heavy atom. The summed E-state index contributed by atoms with van der Waals surface area (Å²) < 4.78 is 141. The number of methoxy groups -OCH3 is 2. The van der Waals surface area contributed by atoms with E-state index in [-0.39, 0.29) is 0 Å². The number of benzene rings is 2. The lowest BCUT2D eigenvalue weighted by atomic mass is 10.0. The van der Waals surface area contributed by atoms with Crippen molar-refractivity contribution in [1.29, 1.82) is 0 Å². The molecule has 32 heavy (non-hydrogen) atoms. The maximum absolute atomic E-state index is 12.8. The van der Waals surface area contributed by atoms with Gasteiger partial charge >= 0.3 is 31.3 Å². The van der Waals surface area contributed by atoms with E-state index in [1.165, 1.54) is 0 Å². The van der Waals surface area contributed by atoms with Crippen LogP contribution in [0.4, 0.5) is 26.3 Å². The zero-order chi connectivity index (χ0) is 24.5. The molecule has 0 aromatic heterocycles. The normalized spacial score (nSPS) is 12.9. The van der Waals surface area contributed by atoms with Gasteiger partial charge in [-0.25, -0.2) is 0 Å². The molecule has 0 amide bonds. The number of hydrogen-bond acceptors (Lipinski definition) is 8. The van der Waals surface area contributed by atoms with Gasteiger partial charge in [-0.1, -0.05) is 12.1 Å². The first-order chi connectivity index (χ1) is 14.6. The van der Waals surface area contributed by atoms with Crippen LogP contribution in [-0.2, 0) is 20.2 Å². The second-order valence-electron chi connectivity index (χ2n) is 5.63. The third-order valence-corrected chi connectivity index (χ3v) is 5.56. The molecule has 178 valence electrons. The van der Waals surface area contributed by atoms with Gasteiger partial charge in [0.2, 0.25) is 0 Å². The highest BCUT2D eigenvalue weighted by atomic mass is 32.2. The van der Waals surface area contributed by atoms with Crippen molar-refractivity contribution in [2.45, 2.75) is 11.0 Å². The number of halogens is 6. The fraction of sp³-hybridized carbons (Fsp3) is 0.250. The Labute approximate surface area is 177 Å². The van der Waals surface area contributed by atoms with Crippen LogP contribution in [0, 0.1) is 0 Å². The van der Waals surface area contributed by atoms with Crippen LogP contribution in [0.2, 0.25) is 0 Å². The molecule has 0 aliphatic carbocycles.